The molecule has 0 bridgehead atoms. The zero-order chi connectivity index (χ0) is 20.9. The van der Waals surface area contributed by atoms with Crippen LogP contribution >= 0.6 is 11.8 Å². The fourth-order valence-corrected chi connectivity index (χ4v) is 4.63. The smallest absolute Gasteiger partial charge is 0.256 e. The first-order chi connectivity index (χ1) is 14.6. The Morgan fingerprint density at radius 3 is 2.57 bits per heavy atom. The average Bonchev–Trinajstić information content (AvgIpc) is 2.77. The van der Waals surface area contributed by atoms with Crippen molar-refractivity contribution in [2.75, 3.05) is 26.2 Å². The molecule has 0 unspecified atom stereocenters. The number of carbonyl (C=O) groups is 1. The number of carbonyl (C=O) groups excluding carboxylic acids is 1. The van der Waals surface area contributed by atoms with Crippen LogP contribution in [0.2, 0.25) is 0 Å². The highest BCUT2D eigenvalue weighted by Crippen LogP contribution is 2.32. The first-order valence-electron chi connectivity index (χ1n) is 10.2. The van der Waals surface area contributed by atoms with Gasteiger partial charge in [-0.15, -0.1) is 0 Å². The number of aromatic nitrogens is 2. The van der Waals surface area contributed by atoms with E-state index in [2.05, 4.69) is 53.0 Å². The lowest BCUT2D eigenvalue weighted by molar-refractivity contribution is 0.0624. The van der Waals surface area contributed by atoms with Crippen molar-refractivity contribution < 1.29 is 4.79 Å². The molecule has 1 aromatic carbocycles. The molecule has 30 heavy (non-hydrogen) atoms. The molecule has 3 heterocycles. The standard InChI is InChI=1S/C24H26N4OS/c1-18-7-8-22(19(2)15-18)30-23-21(6-4-10-26-23)24(29)28-13-11-27(12-14-28)17-20-5-3-9-25-16-20/h3-10,15-16H,11-14,17H2,1-2H3. The van der Waals surface area contributed by atoms with Crippen molar-refractivity contribution in [3.8, 4) is 0 Å². The van der Waals surface area contributed by atoms with Gasteiger partial charge in [0.15, 0.2) is 0 Å². The van der Waals surface area contributed by atoms with Gasteiger partial charge >= 0.3 is 0 Å². The molecular weight excluding hydrogens is 392 g/mol. The summed E-state index contributed by atoms with van der Waals surface area (Å²) in [6.07, 6.45) is 5.46. The molecule has 5 nitrogen and oxygen atoms in total. The lowest BCUT2D eigenvalue weighted by atomic mass is 10.2. The summed E-state index contributed by atoms with van der Waals surface area (Å²) < 4.78 is 0. The fraction of sp³-hybridized carbons (Fsp3) is 0.292. The minimum absolute atomic E-state index is 0.0661. The maximum Gasteiger partial charge on any atom is 0.256 e. The van der Waals surface area contributed by atoms with E-state index >= 15 is 0 Å². The van der Waals surface area contributed by atoms with Crippen molar-refractivity contribution in [1.82, 2.24) is 19.8 Å². The first kappa shape index (κ1) is 20.6. The maximum atomic E-state index is 13.3. The third-order valence-electron chi connectivity index (χ3n) is 5.33. The van der Waals surface area contributed by atoms with Crippen molar-refractivity contribution in [3.63, 3.8) is 0 Å². The topological polar surface area (TPSA) is 49.3 Å². The van der Waals surface area contributed by atoms with Crippen LogP contribution < -0.4 is 0 Å². The first-order valence-corrected chi connectivity index (χ1v) is 11.0. The van der Waals surface area contributed by atoms with E-state index in [0.717, 1.165) is 42.6 Å². The number of hydrogen-bond acceptors (Lipinski definition) is 5. The summed E-state index contributed by atoms with van der Waals surface area (Å²) in [5, 5.41) is 0.771. The van der Waals surface area contributed by atoms with Crippen LogP contribution in [0.5, 0.6) is 0 Å². The molecule has 1 saturated heterocycles. The molecule has 0 aliphatic carbocycles. The van der Waals surface area contributed by atoms with Crippen LogP contribution in [0.3, 0.4) is 0 Å². The Morgan fingerprint density at radius 2 is 1.83 bits per heavy atom. The SMILES string of the molecule is Cc1ccc(Sc2ncccc2C(=O)N2CCN(Cc3cccnc3)CC2)c(C)c1. The van der Waals surface area contributed by atoms with E-state index in [1.807, 2.05) is 29.3 Å². The fourth-order valence-electron chi connectivity index (χ4n) is 3.68. The molecule has 0 atom stereocenters. The second-order valence-corrected chi connectivity index (χ2v) is 8.69. The number of amides is 1. The molecule has 0 spiro atoms. The number of hydrogen-bond donors (Lipinski definition) is 0. The van der Waals surface area contributed by atoms with Crippen LogP contribution in [0.4, 0.5) is 0 Å². The summed E-state index contributed by atoms with van der Waals surface area (Å²) in [5.74, 6) is 0.0661. The van der Waals surface area contributed by atoms with E-state index in [-0.39, 0.29) is 5.91 Å². The Hall–Kier alpha value is -2.70. The number of rotatable bonds is 5. The molecule has 2 aromatic heterocycles. The predicted octanol–water partition coefficient (Wildman–Crippen LogP) is 4.20. The number of benzene rings is 1. The molecule has 154 valence electrons. The highest BCUT2D eigenvalue weighted by atomic mass is 32.2. The van der Waals surface area contributed by atoms with Gasteiger partial charge in [0.2, 0.25) is 0 Å². The average molecular weight is 419 g/mol. The van der Waals surface area contributed by atoms with Crippen LogP contribution in [0.1, 0.15) is 27.0 Å². The number of aryl methyl sites for hydroxylation is 2. The monoisotopic (exact) mass is 418 g/mol. The van der Waals surface area contributed by atoms with Crippen LogP contribution in [0.15, 0.2) is 71.0 Å². The van der Waals surface area contributed by atoms with Crippen LogP contribution in [0.25, 0.3) is 0 Å². The number of pyridine rings is 2. The van der Waals surface area contributed by atoms with Gasteiger partial charge in [-0.05, 0) is 49.2 Å². The number of nitrogens with zero attached hydrogens (tertiary/aromatic N) is 4. The summed E-state index contributed by atoms with van der Waals surface area (Å²) in [5.41, 5.74) is 4.33. The Morgan fingerprint density at radius 1 is 1.03 bits per heavy atom. The van der Waals surface area contributed by atoms with Crippen molar-refractivity contribution >= 4 is 17.7 Å². The quantitative estimate of drug-likeness (QED) is 0.621. The van der Waals surface area contributed by atoms with Crippen molar-refractivity contribution in [2.24, 2.45) is 0 Å². The zero-order valence-corrected chi connectivity index (χ0v) is 18.2. The van der Waals surface area contributed by atoms with Gasteiger partial charge in [-0.1, -0.05) is 35.5 Å². The second kappa shape index (κ2) is 9.41. The maximum absolute atomic E-state index is 13.3. The van der Waals surface area contributed by atoms with Gasteiger partial charge in [-0.2, -0.15) is 0 Å². The van der Waals surface area contributed by atoms with Gasteiger partial charge in [-0.3, -0.25) is 14.7 Å². The van der Waals surface area contributed by atoms with Crippen molar-refractivity contribution in [2.45, 2.75) is 30.3 Å². The van der Waals surface area contributed by atoms with Crippen LogP contribution in [-0.4, -0.2) is 51.9 Å². The number of piperazine rings is 1. The minimum Gasteiger partial charge on any atom is -0.336 e. The summed E-state index contributed by atoms with van der Waals surface area (Å²) >= 11 is 1.57. The molecule has 1 aliphatic heterocycles. The molecule has 3 aromatic rings. The molecule has 1 aliphatic rings. The van der Waals surface area contributed by atoms with Crippen molar-refractivity contribution in [3.05, 3.63) is 83.3 Å². The van der Waals surface area contributed by atoms with Gasteiger partial charge in [0.05, 0.1) is 5.56 Å². The Kier molecular flexibility index (Phi) is 6.45. The van der Waals surface area contributed by atoms with E-state index in [1.54, 1.807) is 24.2 Å². The van der Waals surface area contributed by atoms with Crippen LogP contribution in [-0.2, 0) is 6.54 Å². The summed E-state index contributed by atoms with van der Waals surface area (Å²) in [7, 11) is 0. The highest BCUT2D eigenvalue weighted by Gasteiger charge is 2.24. The molecular formula is C24H26N4OS. The normalized spacial score (nSPS) is 14.7. The molecule has 0 saturated carbocycles. The van der Waals surface area contributed by atoms with Gasteiger partial charge in [0.1, 0.15) is 5.03 Å². The third-order valence-corrected chi connectivity index (χ3v) is 6.52. The minimum atomic E-state index is 0.0661. The molecule has 1 amide bonds. The molecule has 6 heteroatoms. The third kappa shape index (κ3) is 4.89. The highest BCUT2D eigenvalue weighted by molar-refractivity contribution is 7.99. The van der Waals surface area contributed by atoms with Gasteiger partial charge in [0.25, 0.3) is 5.91 Å². The summed E-state index contributed by atoms with van der Waals surface area (Å²) in [6, 6.07) is 14.2. The lowest BCUT2D eigenvalue weighted by Crippen LogP contribution is -2.48. The van der Waals surface area contributed by atoms with E-state index in [9.17, 15) is 4.79 Å². The second-order valence-electron chi connectivity index (χ2n) is 7.66. The van der Waals surface area contributed by atoms with Gasteiger partial charge in [0, 0.05) is 56.2 Å². The molecule has 4 rings (SSSR count). The molecule has 0 radical (unpaired) electrons. The molecule has 0 N–H and O–H groups in total. The van der Waals surface area contributed by atoms with E-state index in [4.69, 9.17) is 0 Å². The Labute approximate surface area is 182 Å². The predicted molar refractivity (Wildman–Crippen MR) is 120 cm³/mol. The summed E-state index contributed by atoms with van der Waals surface area (Å²) in [4.78, 5) is 27.4. The van der Waals surface area contributed by atoms with E-state index in [0.29, 0.717) is 5.56 Å². The molecule has 1 fully saturated rings. The van der Waals surface area contributed by atoms with Gasteiger partial charge < -0.3 is 4.90 Å². The van der Waals surface area contributed by atoms with E-state index in [1.165, 1.54) is 16.7 Å². The zero-order valence-electron chi connectivity index (χ0n) is 17.4. The van der Waals surface area contributed by atoms with Gasteiger partial charge in [-0.25, -0.2) is 4.98 Å². The summed E-state index contributed by atoms with van der Waals surface area (Å²) in [6.45, 7) is 8.23. The lowest BCUT2D eigenvalue weighted by Gasteiger charge is -2.35. The van der Waals surface area contributed by atoms with Crippen molar-refractivity contribution in [1.29, 1.82) is 0 Å². The van der Waals surface area contributed by atoms with Crippen LogP contribution in [0, 0.1) is 13.8 Å². The largest absolute Gasteiger partial charge is 0.336 e. The Balaban J connectivity index is 1.43. The van der Waals surface area contributed by atoms with E-state index < -0.39 is 0 Å². The Bertz CT molecular complexity index is 1020.